The van der Waals surface area contributed by atoms with Gasteiger partial charge < -0.3 is 10.2 Å². The lowest BCUT2D eigenvalue weighted by Crippen LogP contribution is -2.32. The van der Waals surface area contributed by atoms with E-state index in [0.29, 0.717) is 22.5 Å². The van der Waals surface area contributed by atoms with Gasteiger partial charge in [-0.2, -0.15) is 0 Å². The van der Waals surface area contributed by atoms with Gasteiger partial charge in [-0.25, -0.2) is 4.90 Å². The molecular weight excluding hydrogens is 434 g/mol. The summed E-state index contributed by atoms with van der Waals surface area (Å²) in [5.41, 5.74) is 3.87. The van der Waals surface area contributed by atoms with Gasteiger partial charge in [-0.1, -0.05) is 66.7 Å². The second kappa shape index (κ2) is 8.76. The summed E-state index contributed by atoms with van der Waals surface area (Å²) in [6.07, 6.45) is 2.39. The smallest absolute Gasteiger partial charge is 0.282 e. The SMILES string of the molecule is O=C1C(Nc2cccc3ccccc23)=C(c2ccccc2)C(=O)N1c1ccc(N2CCCC2)cc1. The van der Waals surface area contributed by atoms with Gasteiger partial charge in [-0.15, -0.1) is 0 Å². The number of hydrogen-bond donors (Lipinski definition) is 1. The van der Waals surface area contributed by atoms with Crippen LogP contribution in [0, 0.1) is 0 Å². The fourth-order valence-corrected chi connectivity index (χ4v) is 5.01. The van der Waals surface area contributed by atoms with E-state index >= 15 is 0 Å². The van der Waals surface area contributed by atoms with E-state index in [4.69, 9.17) is 0 Å². The van der Waals surface area contributed by atoms with Crippen molar-refractivity contribution in [1.29, 1.82) is 0 Å². The second-order valence-electron chi connectivity index (χ2n) is 8.92. The Balaban J connectivity index is 1.41. The van der Waals surface area contributed by atoms with Crippen molar-refractivity contribution in [2.45, 2.75) is 12.8 Å². The molecule has 0 radical (unpaired) electrons. The first-order chi connectivity index (χ1) is 17.2. The summed E-state index contributed by atoms with van der Waals surface area (Å²) in [7, 11) is 0. The average Bonchev–Trinajstić information content (AvgIpc) is 3.52. The van der Waals surface area contributed by atoms with Gasteiger partial charge in [-0.3, -0.25) is 9.59 Å². The van der Waals surface area contributed by atoms with Crippen LogP contribution in [0.1, 0.15) is 18.4 Å². The van der Waals surface area contributed by atoms with E-state index in [1.54, 1.807) is 0 Å². The lowest BCUT2D eigenvalue weighted by Gasteiger charge is -2.20. The number of nitrogens with zero attached hydrogens (tertiary/aromatic N) is 2. The van der Waals surface area contributed by atoms with Crippen molar-refractivity contribution in [3.8, 4) is 0 Å². The van der Waals surface area contributed by atoms with E-state index in [9.17, 15) is 9.59 Å². The Bertz CT molecular complexity index is 1450. The normalized spacial score (nSPS) is 16.0. The maximum absolute atomic E-state index is 13.8. The highest BCUT2D eigenvalue weighted by molar-refractivity contribution is 6.46. The van der Waals surface area contributed by atoms with Gasteiger partial charge in [0.25, 0.3) is 11.8 Å². The molecule has 1 saturated heterocycles. The standard InChI is InChI=1S/C30H25N3O2/c34-29-27(22-10-2-1-3-11-22)28(31-26-14-8-12-21-9-4-5-13-25(21)26)30(35)33(29)24-17-15-23(16-18-24)32-19-6-7-20-32/h1-5,8-18,31H,6-7,19-20H2. The van der Waals surface area contributed by atoms with Crippen LogP contribution in [0.4, 0.5) is 17.1 Å². The first kappa shape index (κ1) is 21.2. The van der Waals surface area contributed by atoms with Crippen LogP contribution in [0.3, 0.4) is 0 Å². The summed E-state index contributed by atoms with van der Waals surface area (Å²) < 4.78 is 0. The van der Waals surface area contributed by atoms with Crippen molar-refractivity contribution in [3.05, 3.63) is 108 Å². The minimum atomic E-state index is -0.351. The molecule has 2 amide bonds. The van der Waals surface area contributed by atoms with Crippen LogP contribution in [0.2, 0.25) is 0 Å². The van der Waals surface area contributed by atoms with Crippen molar-refractivity contribution in [1.82, 2.24) is 0 Å². The molecule has 172 valence electrons. The summed E-state index contributed by atoms with van der Waals surface area (Å²) >= 11 is 0. The Hall–Kier alpha value is -4.38. The highest BCUT2D eigenvalue weighted by atomic mass is 16.2. The summed E-state index contributed by atoms with van der Waals surface area (Å²) in [6, 6.07) is 31.0. The molecule has 5 heteroatoms. The highest BCUT2D eigenvalue weighted by Crippen LogP contribution is 2.36. The molecule has 4 aromatic carbocycles. The lowest BCUT2D eigenvalue weighted by atomic mass is 10.0. The summed E-state index contributed by atoms with van der Waals surface area (Å²) in [5, 5.41) is 5.38. The van der Waals surface area contributed by atoms with Crippen molar-refractivity contribution in [2.75, 3.05) is 28.2 Å². The molecule has 0 atom stereocenters. The molecule has 1 fully saturated rings. The average molecular weight is 460 g/mol. The zero-order valence-corrected chi connectivity index (χ0v) is 19.3. The van der Waals surface area contributed by atoms with Crippen LogP contribution >= 0.6 is 0 Å². The predicted octanol–water partition coefficient (Wildman–Crippen LogP) is 5.84. The molecule has 0 bridgehead atoms. The van der Waals surface area contributed by atoms with Gasteiger partial charge in [-0.05, 0) is 54.1 Å². The summed E-state index contributed by atoms with van der Waals surface area (Å²) in [5.74, 6) is -0.673. The number of imide groups is 1. The molecule has 0 aliphatic carbocycles. The quantitative estimate of drug-likeness (QED) is 0.381. The molecule has 0 unspecified atom stereocenters. The molecule has 5 nitrogen and oxygen atoms in total. The maximum atomic E-state index is 13.8. The van der Waals surface area contributed by atoms with E-state index in [0.717, 1.165) is 35.2 Å². The van der Waals surface area contributed by atoms with Crippen LogP contribution < -0.4 is 15.1 Å². The number of nitrogens with one attached hydrogen (secondary N) is 1. The Morgan fingerprint density at radius 3 is 2.06 bits per heavy atom. The van der Waals surface area contributed by atoms with Gasteiger partial charge >= 0.3 is 0 Å². The van der Waals surface area contributed by atoms with E-state index in [2.05, 4.69) is 10.2 Å². The van der Waals surface area contributed by atoms with Crippen LogP contribution in [-0.4, -0.2) is 24.9 Å². The van der Waals surface area contributed by atoms with Crippen LogP contribution in [0.15, 0.2) is 103 Å². The van der Waals surface area contributed by atoms with E-state index in [1.165, 1.54) is 17.7 Å². The van der Waals surface area contributed by atoms with Gasteiger partial charge in [0.1, 0.15) is 5.70 Å². The number of fused-ring (bicyclic) bond motifs is 1. The van der Waals surface area contributed by atoms with Crippen molar-refractivity contribution >= 4 is 45.2 Å². The minimum Gasteiger partial charge on any atom is -0.372 e. The number of rotatable bonds is 5. The molecule has 0 aromatic heterocycles. The zero-order chi connectivity index (χ0) is 23.8. The summed E-state index contributed by atoms with van der Waals surface area (Å²) in [4.78, 5) is 31.1. The number of carbonyl (C=O) groups is 2. The predicted molar refractivity (Wildman–Crippen MR) is 141 cm³/mol. The van der Waals surface area contributed by atoms with Crippen LogP contribution in [0.25, 0.3) is 16.3 Å². The van der Waals surface area contributed by atoms with Crippen molar-refractivity contribution in [2.24, 2.45) is 0 Å². The molecule has 2 aliphatic rings. The van der Waals surface area contributed by atoms with Gasteiger partial charge in [0.05, 0.1) is 11.3 Å². The zero-order valence-electron chi connectivity index (χ0n) is 19.3. The third-order valence-electron chi connectivity index (χ3n) is 6.77. The van der Waals surface area contributed by atoms with Gasteiger partial charge in [0.2, 0.25) is 0 Å². The van der Waals surface area contributed by atoms with Gasteiger partial charge in [0, 0.05) is 29.9 Å². The van der Waals surface area contributed by atoms with Crippen LogP contribution in [-0.2, 0) is 9.59 Å². The summed E-state index contributed by atoms with van der Waals surface area (Å²) in [6.45, 7) is 2.08. The number of anilines is 3. The van der Waals surface area contributed by atoms with E-state index in [1.807, 2.05) is 97.1 Å². The Morgan fingerprint density at radius 2 is 1.29 bits per heavy atom. The Labute approximate surface area is 204 Å². The number of carbonyl (C=O) groups excluding carboxylic acids is 2. The lowest BCUT2D eigenvalue weighted by molar-refractivity contribution is -0.120. The first-order valence-corrected chi connectivity index (χ1v) is 12.0. The van der Waals surface area contributed by atoms with E-state index in [-0.39, 0.29) is 11.8 Å². The number of hydrogen-bond acceptors (Lipinski definition) is 4. The monoisotopic (exact) mass is 459 g/mol. The maximum Gasteiger partial charge on any atom is 0.282 e. The Kier molecular flexibility index (Phi) is 5.30. The fourth-order valence-electron chi connectivity index (χ4n) is 5.01. The van der Waals surface area contributed by atoms with Crippen LogP contribution in [0.5, 0.6) is 0 Å². The van der Waals surface area contributed by atoms with Crippen molar-refractivity contribution < 1.29 is 9.59 Å². The van der Waals surface area contributed by atoms with Gasteiger partial charge in [0.15, 0.2) is 0 Å². The fraction of sp³-hybridized carbons (Fsp3) is 0.133. The first-order valence-electron chi connectivity index (χ1n) is 12.0. The molecule has 35 heavy (non-hydrogen) atoms. The molecule has 4 aromatic rings. The third kappa shape index (κ3) is 3.75. The number of amides is 2. The number of benzene rings is 4. The van der Waals surface area contributed by atoms with E-state index < -0.39 is 0 Å². The minimum absolute atomic E-state index is 0.293. The largest absolute Gasteiger partial charge is 0.372 e. The topological polar surface area (TPSA) is 52.7 Å². The molecule has 1 N–H and O–H groups in total. The second-order valence-corrected chi connectivity index (χ2v) is 8.92. The third-order valence-corrected chi connectivity index (χ3v) is 6.77. The molecule has 6 rings (SSSR count). The Morgan fingerprint density at radius 1 is 0.629 bits per heavy atom. The molecule has 2 aliphatic heterocycles. The molecule has 0 spiro atoms. The highest BCUT2D eigenvalue weighted by Gasteiger charge is 2.40. The molecular formula is C30H25N3O2. The molecule has 0 saturated carbocycles. The molecule has 2 heterocycles. The van der Waals surface area contributed by atoms with Crippen molar-refractivity contribution in [3.63, 3.8) is 0 Å².